The van der Waals surface area contributed by atoms with Crippen molar-refractivity contribution >= 4 is 11.3 Å². The lowest BCUT2D eigenvalue weighted by Gasteiger charge is -2.09. The molecule has 0 fully saturated rings. The normalized spacial score (nSPS) is 15.2. The second-order valence-electron chi connectivity index (χ2n) is 2.96. The van der Waals surface area contributed by atoms with E-state index in [1.54, 1.807) is 0 Å². The maximum Gasteiger partial charge on any atom is 0.231 e. The van der Waals surface area contributed by atoms with Crippen LogP contribution >= 0.6 is 0 Å². The summed E-state index contributed by atoms with van der Waals surface area (Å²) in [5, 5.41) is 0. The van der Waals surface area contributed by atoms with E-state index in [0.717, 1.165) is 12.0 Å². The number of nitrogens with one attached hydrogen (secondary N) is 1. The average molecular weight is 199 g/mol. The van der Waals surface area contributed by atoms with Crippen molar-refractivity contribution in [3.8, 4) is 0 Å². The zero-order valence-corrected chi connectivity index (χ0v) is 8.25. The first kappa shape index (κ1) is 10.4. The largest absolute Gasteiger partial charge is 0.294 e. The first-order valence-corrected chi connectivity index (χ1v) is 5.20. The fraction of sp³-hybridized carbons (Fsp3) is 0.333. The van der Waals surface area contributed by atoms with Crippen molar-refractivity contribution in [1.29, 1.82) is 0 Å². The van der Waals surface area contributed by atoms with Crippen molar-refractivity contribution in [2.24, 2.45) is 0 Å². The average Bonchev–Trinajstić information content (AvgIpc) is 2.04. The summed E-state index contributed by atoms with van der Waals surface area (Å²) in [6.07, 6.45) is 0.757. The van der Waals surface area contributed by atoms with Crippen LogP contribution in [0, 0.1) is 0 Å². The topological polar surface area (TPSA) is 49.3 Å². The SMILES string of the molecule is C[C@H](Cc1ccccc1)NS(=O)O. The Morgan fingerprint density at radius 2 is 2.08 bits per heavy atom. The minimum Gasteiger partial charge on any atom is -0.294 e. The molecular formula is C9H13NO2S. The van der Waals surface area contributed by atoms with E-state index >= 15 is 0 Å². The van der Waals surface area contributed by atoms with Crippen molar-refractivity contribution in [1.82, 2.24) is 4.72 Å². The van der Waals surface area contributed by atoms with Gasteiger partial charge in [-0.3, -0.25) is 4.55 Å². The molecule has 0 radical (unpaired) electrons. The molecule has 0 heterocycles. The van der Waals surface area contributed by atoms with Gasteiger partial charge in [0.15, 0.2) is 0 Å². The molecule has 4 heteroatoms. The second-order valence-corrected chi connectivity index (χ2v) is 3.69. The third-order valence-corrected chi connectivity index (χ3v) is 2.29. The quantitative estimate of drug-likeness (QED) is 0.719. The highest BCUT2D eigenvalue weighted by molar-refractivity contribution is 7.77. The molecule has 0 spiro atoms. The Labute approximate surface area is 80.6 Å². The van der Waals surface area contributed by atoms with Gasteiger partial charge in [0, 0.05) is 6.04 Å². The monoisotopic (exact) mass is 199 g/mol. The summed E-state index contributed by atoms with van der Waals surface area (Å²) >= 11 is -1.92. The molecule has 0 saturated heterocycles. The lowest BCUT2D eigenvalue weighted by molar-refractivity contribution is 0.530. The maximum atomic E-state index is 10.4. The van der Waals surface area contributed by atoms with E-state index in [9.17, 15) is 4.21 Å². The minimum atomic E-state index is -1.92. The van der Waals surface area contributed by atoms with Crippen LogP contribution in [0.4, 0.5) is 0 Å². The van der Waals surface area contributed by atoms with E-state index in [1.807, 2.05) is 37.3 Å². The van der Waals surface area contributed by atoms with E-state index in [0.29, 0.717) is 0 Å². The van der Waals surface area contributed by atoms with Crippen LogP contribution in [0.3, 0.4) is 0 Å². The zero-order valence-electron chi connectivity index (χ0n) is 7.43. The first-order chi connectivity index (χ1) is 6.18. The fourth-order valence-corrected chi connectivity index (χ4v) is 1.61. The van der Waals surface area contributed by atoms with Crippen molar-refractivity contribution in [2.75, 3.05) is 0 Å². The highest BCUT2D eigenvalue weighted by atomic mass is 32.2. The predicted octanol–water partition coefficient (Wildman–Crippen LogP) is 1.34. The second kappa shape index (κ2) is 5.11. The van der Waals surface area contributed by atoms with Crippen LogP contribution < -0.4 is 4.72 Å². The highest BCUT2D eigenvalue weighted by Gasteiger charge is 2.04. The van der Waals surface area contributed by atoms with Gasteiger partial charge in [0.1, 0.15) is 0 Å². The Hall–Kier alpha value is -0.710. The third-order valence-electron chi connectivity index (χ3n) is 1.69. The molecule has 1 rings (SSSR count). The smallest absolute Gasteiger partial charge is 0.231 e. The van der Waals surface area contributed by atoms with Gasteiger partial charge in [-0.1, -0.05) is 30.3 Å². The molecule has 2 atom stereocenters. The van der Waals surface area contributed by atoms with Crippen molar-refractivity contribution in [3.63, 3.8) is 0 Å². The lowest BCUT2D eigenvalue weighted by atomic mass is 10.1. The lowest BCUT2D eigenvalue weighted by Crippen LogP contribution is -2.29. The summed E-state index contributed by atoms with van der Waals surface area (Å²) in [5.74, 6) is 0. The van der Waals surface area contributed by atoms with Gasteiger partial charge in [0.2, 0.25) is 11.3 Å². The van der Waals surface area contributed by atoms with Gasteiger partial charge in [0.05, 0.1) is 0 Å². The summed E-state index contributed by atoms with van der Waals surface area (Å²) in [5.41, 5.74) is 1.16. The van der Waals surface area contributed by atoms with Gasteiger partial charge in [-0.25, -0.2) is 8.93 Å². The van der Waals surface area contributed by atoms with Crippen LogP contribution in [0.15, 0.2) is 30.3 Å². The van der Waals surface area contributed by atoms with Gasteiger partial charge in [-0.2, -0.15) is 0 Å². The zero-order chi connectivity index (χ0) is 9.68. The molecule has 13 heavy (non-hydrogen) atoms. The molecule has 0 saturated carbocycles. The van der Waals surface area contributed by atoms with Crippen molar-refractivity contribution in [3.05, 3.63) is 35.9 Å². The number of benzene rings is 1. The Morgan fingerprint density at radius 3 is 2.62 bits per heavy atom. The Balaban J connectivity index is 2.45. The molecule has 0 aliphatic carbocycles. The van der Waals surface area contributed by atoms with Gasteiger partial charge < -0.3 is 0 Å². The van der Waals surface area contributed by atoms with Crippen LogP contribution in [-0.2, 0) is 17.7 Å². The van der Waals surface area contributed by atoms with E-state index < -0.39 is 11.3 Å². The summed E-state index contributed by atoms with van der Waals surface area (Å²) in [6.45, 7) is 1.88. The molecule has 1 aromatic rings. The summed E-state index contributed by atoms with van der Waals surface area (Å²) in [4.78, 5) is 0. The maximum absolute atomic E-state index is 10.4. The first-order valence-electron chi connectivity index (χ1n) is 4.09. The van der Waals surface area contributed by atoms with Gasteiger partial charge >= 0.3 is 0 Å². The molecule has 2 N–H and O–H groups in total. The van der Waals surface area contributed by atoms with Crippen LogP contribution in [0.1, 0.15) is 12.5 Å². The van der Waals surface area contributed by atoms with E-state index in [1.165, 1.54) is 0 Å². The van der Waals surface area contributed by atoms with Crippen molar-refractivity contribution in [2.45, 2.75) is 19.4 Å². The molecule has 1 unspecified atom stereocenters. The van der Waals surface area contributed by atoms with Crippen LogP contribution in [0.2, 0.25) is 0 Å². The molecule has 3 nitrogen and oxygen atoms in total. The van der Waals surface area contributed by atoms with Gasteiger partial charge in [-0.15, -0.1) is 0 Å². The molecule has 72 valence electrons. The van der Waals surface area contributed by atoms with Gasteiger partial charge in [-0.05, 0) is 18.9 Å². The molecule has 0 aromatic heterocycles. The van der Waals surface area contributed by atoms with E-state index in [4.69, 9.17) is 4.55 Å². The summed E-state index contributed by atoms with van der Waals surface area (Å²) < 4.78 is 21.5. The number of rotatable bonds is 4. The molecule has 0 aliphatic heterocycles. The van der Waals surface area contributed by atoms with Crippen LogP contribution in [0.25, 0.3) is 0 Å². The number of hydrogen-bond acceptors (Lipinski definition) is 1. The molecular weight excluding hydrogens is 186 g/mol. The number of hydrogen-bond donors (Lipinski definition) is 2. The van der Waals surface area contributed by atoms with E-state index in [-0.39, 0.29) is 6.04 Å². The van der Waals surface area contributed by atoms with Gasteiger partial charge in [0.25, 0.3) is 0 Å². The van der Waals surface area contributed by atoms with Crippen LogP contribution in [0.5, 0.6) is 0 Å². The molecule has 0 aliphatic rings. The Morgan fingerprint density at radius 1 is 1.46 bits per heavy atom. The van der Waals surface area contributed by atoms with E-state index in [2.05, 4.69) is 4.72 Å². The molecule has 1 aromatic carbocycles. The summed E-state index contributed by atoms with van der Waals surface area (Å²) in [6, 6.07) is 9.87. The molecule has 0 amide bonds. The fourth-order valence-electron chi connectivity index (χ4n) is 1.18. The third kappa shape index (κ3) is 4.17. The summed E-state index contributed by atoms with van der Waals surface area (Å²) in [7, 11) is 0. The highest BCUT2D eigenvalue weighted by Crippen LogP contribution is 2.02. The Bertz CT molecular complexity index is 276. The minimum absolute atomic E-state index is 0.00762. The van der Waals surface area contributed by atoms with Crippen molar-refractivity contribution < 1.29 is 8.76 Å². The standard InChI is InChI=1S/C9H13NO2S/c1-8(10-13(11)12)7-9-5-3-2-4-6-9/h2-6,8,10H,7H2,1H3,(H,11,12)/t8-/m1/s1. The van der Waals surface area contributed by atoms with Crippen LogP contribution in [-0.4, -0.2) is 14.8 Å². The Kier molecular flexibility index (Phi) is 4.08. The predicted molar refractivity (Wildman–Crippen MR) is 53.5 cm³/mol. The molecule has 0 bridgehead atoms.